The van der Waals surface area contributed by atoms with Crippen molar-refractivity contribution in [3.63, 3.8) is 0 Å². The van der Waals surface area contributed by atoms with Gasteiger partial charge in [-0.25, -0.2) is 0 Å². The molecule has 0 aromatic heterocycles. The molecular weight excluding hydrogens is 256 g/mol. The van der Waals surface area contributed by atoms with Gasteiger partial charge >= 0.3 is 0 Å². The van der Waals surface area contributed by atoms with Gasteiger partial charge in [-0.15, -0.1) is 0 Å². The van der Waals surface area contributed by atoms with Gasteiger partial charge in [-0.3, -0.25) is 4.79 Å². The first-order valence-electron chi connectivity index (χ1n) is 6.06. The molecule has 0 aliphatic heterocycles. The van der Waals surface area contributed by atoms with Gasteiger partial charge in [0.25, 0.3) is 5.91 Å². The second-order valence-electron chi connectivity index (χ2n) is 4.19. The Morgan fingerprint density at radius 1 is 1.15 bits per heavy atom. The second-order valence-corrected chi connectivity index (χ2v) is 4.19. The van der Waals surface area contributed by atoms with Gasteiger partial charge in [0.2, 0.25) is 0 Å². The number of hydrogen-bond acceptors (Lipinski definition) is 4. The van der Waals surface area contributed by atoms with Gasteiger partial charge in [-0.05, 0) is 18.2 Å². The van der Waals surface area contributed by atoms with Gasteiger partial charge in [-0.1, -0.05) is 24.3 Å². The van der Waals surface area contributed by atoms with Crippen LogP contribution in [-0.2, 0) is 6.61 Å². The van der Waals surface area contributed by atoms with E-state index in [0.717, 1.165) is 5.56 Å². The molecule has 5 nitrogen and oxygen atoms in total. The normalized spacial score (nSPS) is 10.1. The van der Waals surface area contributed by atoms with Crippen LogP contribution >= 0.6 is 0 Å². The number of rotatable bonds is 5. The molecule has 5 heteroatoms. The summed E-state index contributed by atoms with van der Waals surface area (Å²) >= 11 is 0. The molecule has 1 amide bonds. The molecule has 0 radical (unpaired) electrons. The maximum absolute atomic E-state index is 11.4. The van der Waals surface area contributed by atoms with Gasteiger partial charge in [0.15, 0.2) is 5.75 Å². The summed E-state index contributed by atoms with van der Waals surface area (Å²) in [6.45, 7) is 0.235. The van der Waals surface area contributed by atoms with E-state index in [2.05, 4.69) is 0 Å². The Morgan fingerprint density at radius 3 is 2.60 bits per heavy atom. The quantitative estimate of drug-likeness (QED) is 0.814. The number of nitrogen functional groups attached to an aromatic ring is 1. The van der Waals surface area contributed by atoms with E-state index in [1.807, 2.05) is 24.3 Å². The van der Waals surface area contributed by atoms with Gasteiger partial charge in [-0.2, -0.15) is 0 Å². The monoisotopic (exact) mass is 272 g/mol. The molecule has 0 unspecified atom stereocenters. The Kier molecular flexibility index (Phi) is 4.10. The number of methoxy groups -OCH3 is 1. The molecule has 0 saturated carbocycles. The standard InChI is InChI=1S/C15H16N2O3/c1-19-13-8-3-2-5-10(13)9-20-14-11(15(17)18)6-4-7-12(14)16/h2-8H,9,16H2,1H3,(H2,17,18). The van der Waals surface area contributed by atoms with Crippen LogP contribution in [0.1, 0.15) is 15.9 Å². The molecule has 0 fully saturated rings. The Balaban J connectivity index is 2.25. The number of primary amides is 1. The minimum atomic E-state index is -0.577. The number of benzene rings is 2. The molecule has 0 bridgehead atoms. The van der Waals surface area contributed by atoms with Crippen molar-refractivity contribution in [2.45, 2.75) is 6.61 Å². The first kappa shape index (κ1) is 13.7. The van der Waals surface area contributed by atoms with E-state index >= 15 is 0 Å². The number of carbonyl (C=O) groups is 1. The van der Waals surface area contributed by atoms with Crippen LogP contribution < -0.4 is 20.9 Å². The van der Waals surface area contributed by atoms with Gasteiger partial charge in [0, 0.05) is 5.56 Å². The van der Waals surface area contributed by atoms with E-state index in [4.69, 9.17) is 20.9 Å². The van der Waals surface area contributed by atoms with Crippen LogP contribution in [0.15, 0.2) is 42.5 Å². The van der Waals surface area contributed by atoms with Crippen molar-refractivity contribution in [3.8, 4) is 11.5 Å². The number of hydrogen-bond donors (Lipinski definition) is 2. The molecular formula is C15H16N2O3. The predicted molar refractivity (Wildman–Crippen MR) is 76.7 cm³/mol. The highest BCUT2D eigenvalue weighted by Crippen LogP contribution is 2.28. The highest BCUT2D eigenvalue weighted by atomic mass is 16.5. The average molecular weight is 272 g/mol. The number of para-hydroxylation sites is 2. The highest BCUT2D eigenvalue weighted by Gasteiger charge is 2.13. The molecule has 0 aliphatic carbocycles. The maximum Gasteiger partial charge on any atom is 0.252 e. The lowest BCUT2D eigenvalue weighted by molar-refractivity contribution is 0.0996. The largest absolute Gasteiger partial charge is 0.496 e. The van der Waals surface area contributed by atoms with Crippen molar-refractivity contribution in [2.24, 2.45) is 5.73 Å². The Hall–Kier alpha value is -2.69. The molecule has 4 N–H and O–H groups in total. The summed E-state index contributed by atoms with van der Waals surface area (Å²) in [6.07, 6.45) is 0. The second kappa shape index (κ2) is 5.97. The van der Waals surface area contributed by atoms with Crippen molar-refractivity contribution in [1.29, 1.82) is 0 Å². The minimum Gasteiger partial charge on any atom is -0.496 e. The summed E-state index contributed by atoms with van der Waals surface area (Å²) in [5.41, 5.74) is 12.6. The predicted octanol–water partition coefficient (Wildman–Crippen LogP) is 1.96. The lowest BCUT2D eigenvalue weighted by Gasteiger charge is -2.13. The van der Waals surface area contributed by atoms with Crippen LogP contribution in [0.2, 0.25) is 0 Å². The zero-order valence-electron chi connectivity index (χ0n) is 11.1. The molecule has 0 atom stereocenters. The van der Waals surface area contributed by atoms with Crippen molar-refractivity contribution >= 4 is 11.6 Å². The van der Waals surface area contributed by atoms with Gasteiger partial charge in [0.05, 0.1) is 18.4 Å². The third-order valence-corrected chi connectivity index (χ3v) is 2.88. The highest BCUT2D eigenvalue weighted by molar-refractivity contribution is 5.97. The van der Waals surface area contributed by atoms with Crippen LogP contribution in [0.4, 0.5) is 5.69 Å². The molecule has 0 saturated heterocycles. The zero-order chi connectivity index (χ0) is 14.5. The first-order valence-corrected chi connectivity index (χ1v) is 6.06. The third-order valence-electron chi connectivity index (χ3n) is 2.88. The Bertz CT molecular complexity index is 626. The summed E-state index contributed by atoms with van der Waals surface area (Å²) in [6, 6.07) is 12.4. The van der Waals surface area contributed by atoms with Crippen molar-refractivity contribution in [3.05, 3.63) is 53.6 Å². The SMILES string of the molecule is COc1ccccc1COc1c(N)cccc1C(N)=O. The average Bonchev–Trinajstić information content (AvgIpc) is 2.46. The summed E-state index contributed by atoms with van der Waals surface area (Å²) in [4.78, 5) is 11.4. The van der Waals surface area contributed by atoms with E-state index in [1.54, 1.807) is 25.3 Å². The molecule has 104 valence electrons. The van der Waals surface area contributed by atoms with Crippen LogP contribution in [0.25, 0.3) is 0 Å². The van der Waals surface area contributed by atoms with E-state index in [1.165, 1.54) is 0 Å². The molecule has 20 heavy (non-hydrogen) atoms. The van der Waals surface area contributed by atoms with Crippen LogP contribution in [0, 0.1) is 0 Å². The number of ether oxygens (including phenoxy) is 2. The number of amides is 1. The number of nitrogens with two attached hydrogens (primary N) is 2. The molecule has 2 aromatic carbocycles. The summed E-state index contributed by atoms with van der Waals surface area (Å²) in [7, 11) is 1.59. The topological polar surface area (TPSA) is 87.6 Å². The molecule has 2 aromatic rings. The zero-order valence-corrected chi connectivity index (χ0v) is 11.1. The maximum atomic E-state index is 11.4. The van der Waals surface area contributed by atoms with Gasteiger partial charge in [0.1, 0.15) is 12.4 Å². The fourth-order valence-electron chi connectivity index (χ4n) is 1.88. The lowest BCUT2D eigenvalue weighted by atomic mass is 10.1. The van der Waals surface area contributed by atoms with E-state index in [0.29, 0.717) is 17.2 Å². The molecule has 2 rings (SSSR count). The van der Waals surface area contributed by atoms with Crippen molar-refractivity contribution < 1.29 is 14.3 Å². The summed E-state index contributed by atoms with van der Waals surface area (Å²) < 4.78 is 10.9. The summed E-state index contributed by atoms with van der Waals surface area (Å²) in [5.74, 6) is 0.431. The Labute approximate surface area is 117 Å². The molecule has 0 heterocycles. The number of carbonyl (C=O) groups excluding carboxylic acids is 1. The smallest absolute Gasteiger partial charge is 0.252 e. The van der Waals surface area contributed by atoms with Crippen LogP contribution in [0.5, 0.6) is 11.5 Å². The minimum absolute atomic E-state index is 0.235. The van der Waals surface area contributed by atoms with Crippen LogP contribution in [-0.4, -0.2) is 13.0 Å². The summed E-state index contributed by atoms with van der Waals surface area (Å²) in [5, 5.41) is 0. The van der Waals surface area contributed by atoms with E-state index in [-0.39, 0.29) is 12.2 Å². The van der Waals surface area contributed by atoms with E-state index < -0.39 is 5.91 Å². The van der Waals surface area contributed by atoms with E-state index in [9.17, 15) is 4.79 Å². The van der Waals surface area contributed by atoms with Crippen molar-refractivity contribution in [1.82, 2.24) is 0 Å². The fraction of sp³-hybridized carbons (Fsp3) is 0.133. The van der Waals surface area contributed by atoms with Crippen molar-refractivity contribution in [2.75, 3.05) is 12.8 Å². The van der Waals surface area contributed by atoms with Crippen LogP contribution in [0.3, 0.4) is 0 Å². The lowest BCUT2D eigenvalue weighted by Crippen LogP contribution is -2.14. The third kappa shape index (κ3) is 2.83. The Morgan fingerprint density at radius 2 is 1.90 bits per heavy atom. The fourth-order valence-corrected chi connectivity index (χ4v) is 1.88. The molecule has 0 aliphatic rings. The molecule has 0 spiro atoms. The van der Waals surface area contributed by atoms with Gasteiger partial charge < -0.3 is 20.9 Å². The first-order chi connectivity index (χ1) is 9.63. The number of anilines is 1.